The van der Waals surface area contributed by atoms with E-state index in [-0.39, 0.29) is 30.4 Å². The Kier molecular flexibility index (Phi) is 3.07. The molecule has 1 aromatic heterocycles. The summed E-state index contributed by atoms with van der Waals surface area (Å²) >= 11 is 1.56. The number of aliphatic hydroxyl groups is 1. The topological polar surface area (TPSA) is 58.9 Å². The summed E-state index contributed by atoms with van der Waals surface area (Å²) in [4.78, 5) is 16.2. The molecule has 1 aromatic rings. The minimum atomic E-state index is -0.364. The van der Waals surface area contributed by atoms with Crippen molar-refractivity contribution in [3.63, 3.8) is 0 Å². The van der Waals surface area contributed by atoms with E-state index in [1.807, 2.05) is 18.4 Å². The van der Waals surface area contributed by atoms with Gasteiger partial charge in [-0.25, -0.2) is 4.99 Å². The van der Waals surface area contributed by atoms with Gasteiger partial charge in [-0.1, -0.05) is 0 Å². The first-order valence-corrected chi connectivity index (χ1v) is 5.91. The molecule has 86 valence electrons. The van der Waals surface area contributed by atoms with Crippen LogP contribution in [0.4, 0.5) is 0 Å². The molecule has 0 bridgehead atoms. The summed E-state index contributed by atoms with van der Waals surface area (Å²) in [5.74, 6) is -0.0793. The number of ether oxygens (including phenoxy) is 1. The molecule has 1 aliphatic rings. The molecule has 16 heavy (non-hydrogen) atoms. The van der Waals surface area contributed by atoms with Crippen LogP contribution in [0.25, 0.3) is 0 Å². The van der Waals surface area contributed by atoms with Crippen LogP contribution in [0.1, 0.15) is 23.5 Å². The van der Waals surface area contributed by atoms with Crippen molar-refractivity contribution in [1.82, 2.24) is 0 Å². The van der Waals surface area contributed by atoms with Crippen LogP contribution < -0.4 is 0 Å². The molecule has 0 saturated heterocycles. The Hall–Kier alpha value is -1.20. The van der Waals surface area contributed by atoms with Gasteiger partial charge in [0, 0.05) is 11.8 Å². The van der Waals surface area contributed by atoms with Gasteiger partial charge in [0.1, 0.15) is 6.04 Å². The van der Waals surface area contributed by atoms with Crippen molar-refractivity contribution >= 4 is 23.0 Å². The van der Waals surface area contributed by atoms with Crippen molar-refractivity contribution in [3.8, 4) is 0 Å². The lowest BCUT2D eigenvalue weighted by molar-refractivity contribution is -0.112. The minimum Gasteiger partial charge on any atom is -0.464 e. The Morgan fingerprint density at radius 3 is 2.94 bits per heavy atom. The quantitative estimate of drug-likeness (QED) is 0.869. The van der Waals surface area contributed by atoms with Crippen molar-refractivity contribution < 1.29 is 14.6 Å². The van der Waals surface area contributed by atoms with Gasteiger partial charge in [-0.05, 0) is 23.9 Å². The van der Waals surface area contributed by atoms with E-state index in [4.69, 9.17) is 4.74 Å². The zero-order valence-electron chi connectivity index (χ0n) is 9.14. The second kappa shape index (κ2) is 4.35. The summed E-state index contributed by atoms with van der Waals surface area (Å²) in [6.45, 7) is 3.29. The molecule has 1 aliphatic heterocycles. The lowest BCUT2D eigenvalue weighted by Crippen LogP contribution is -2.17. The number of hydrogen-bond donors (Lipinski definition) is 1. The maximum Gasteiger partial charge on any atom is 0.254 e. The third kappa shape index (κ3) is 2.01. The lowest BCUT2D eigenvalue weighted by atomic mass is 10.1. The summed E-state index contributed by atoms with van der Waals surface area (Å²) in [5.41, 5.74) is 1.15. The maximum atomic E-state index is 11.2. The van der Waals surface area contributed by atoms with Gasteiger partial charge in [-0.2, -0.15) is 0 Å². The van der Waals surface area contributed by atoms with Crippen LogP contribution in [0.15, 0.2) is 16.4 Å². The van der Waals surface area contributed by atoms with Gasteiger partial charge in [-0.3, -0.25) is 4.79 Å². The molecule has 1 N–H and O–H groups in total. The molecule has 0 fully saturated rings. The first kappa shape index (κ1) is 11.3. The molecule has 2 unspecified atom stereocenters. The summed E-state index contributed by atoms with van der Waals surface area (Å²) in [6.07, 6.45) is -0.317. The van der Waals surface area contributed by atoms with Crippen LogP contribution in [0.5, 0.6) is 0 Å². The Morgan fingerprint density at radius 2 is 2.44 bits per heavy atom. The van der Waals surface area contributed by atoms with Crippen molar-refractivity contribution in [2.75, 3.05) is 6.61 Å². The van der Waals surface area contributed by atoms with Crippen LogP contribution >= 0.6 is 11.3 Å². The molecule has 2 heterocycles. The molecule has 2 rings (SSSR count). The van der Waals surface area contributed by atoms with Crippen LogP contribution in [-0.2, 0) is 9.53 Å². The first-order valence-electron chi connectivity index (χ1n) is 5.03. The summed E-state index contributed by atoms with van der Waals surface area (Å²) in [6, 6.07) is 1.63. The highest BCUT2D eigenvalue weighted by molar-refractivity contribution is 7.10. The second-order valence-corrected chi connectivity index (χ2v) is 4.75. The molecule has 0 aromatic carbocycles. The van der Waals surface area contributed by atoms with E-state index in [1.165, 1.54) is 6.92 Å². The van der Waals surface area contributed by atoms with Gasteiger partial charge in [0.05, 0.1) is 6.61 Å². The van der Waals surface area contributed by atoms with E-state index in [0.717, 1.165) is 10.4 Å². The summed E-state index contributed by atoms with van der Waals surface area (Å²) in [7, 11) is 0. The number of aliphatic imine (C=N–C) groups is 1. The smallest absolute Gasteiger partial charge is 0.254 e. The Labute approximate surface area is 97.6 Å². The predicted octanol–water partition coefficient (Wildman–Crippen LogP) is 1.48. The summed E-state index contributed by atoms with van der Waals surface area (Å²) in [5, 5.41) is 11.2. The number of carbonyl (C=O) groups excluding carboxylic acids is 1. The van der Waals surface area contributed by atoms with E-state index in [0.29, 0.717) is 0 Å². The van der Waals surface area contributed by atoms with Crippen molar-refractivity contribution in [3.05, 3.63) is 21.9 Å². The van der Waals surface area contributed by atoms with Crippen molar-refractivity contribution in [2.45, 2.75) is 26.0 Å². The number of rotatable bonds is 3. The zero-order chi connectivity index (χ0) is 11.7. The number of hydrogen-bond acceptors (Lipinski definition) is 5. The van der Waals surface area contributed by atoms with Gasteiger partial charge < -0.3 is 9.84 Å². The number of aliphatic hydroxyl groups excluding tert-OH is 1. The van der Waals surface area contributed by atoms with Gasteiger partial charge in [-0.15, -0.1) is 11.3 Å². The number of ketones is 1. The van der Waals surface area contributed by atoms with Gasteiger partial charge in [0.25, 0.3) is 5.90 Å². The predicted molar refractivity (Wildman–Crippen MR) is 61.9 cm³/mol. The monoisotopic (exact) mass is 239 g/mol. The van der Waals surface area contributed by atoms with E-state index in [2.05, 4.69) is 4.99 Å². The van der Waals surface area contributed by atoms with E-state index < -0.39 is 0 Å². The molecule has 2 atom stereocenters. The number of aryl methyl sites for hydroxylation is 1. The molecule has 0 aliphatic carbocycles. The largest absolute Gasteiger partial charge is 0.464 e. The van der Waals surface area contributed by atoms with E-state index >= 15 is 0 Å². The number of thiophene rings is 1. The normalized spacial score (nSPS) is 24.1. The van der Waals surface area contributed by atoms with Gasteiger partial charge >= 0.3 is 0 Å². The SMILES string of the molecule is CC(=O)C1=NC(CO)C(c2cc(C)cs2)O1. The maximum absolute atomic E-state index is 11.2. The van der Waals surface area contributed by atoms with Crippen LogP contribution in [-0.4, -0.2) is 29.4 Å². The minimum absolute atomic E-state index is 0.113. The zero-order valence-corrected chi connectivity index (χ0v) is 9.95. The van der Waals surface area contributed by atoms with Crippen molar-refractivity contribution in [1.29, 1.82) is 0 Å². The molecule has 0 amide bonds. The molecule has 4 nitrogen and oxygen atoms in total. The van der Waals surface area contributed by atoms with Crippen LogP contribution in [0, 0.1) is 6.92 Å². The standard InChI is InChI=1S/C11H13NO3S/c1-6-3-9(16-5-6)10-8(4-13)12-11(15-10)7(2)14/h3,5,8,10,13H,4H2,1-2H3. The van der Waals surface area contributed by atoms with Crippen LogP contribution in [0.2, 0.25) is 0 Å². The van der Waals surface area contributed by atoms with Gasteiger partial charge in [0.2, 0.25) is 5.78 Å². The van der Waals surface area contributed by atoms with E-state index in [1.54, 1.807) is 11.3 Å². The number of nitrogens with zero attached hydrogens (tertiary/aromatic N) is 1. The highest BCUT2D eigenvalue weighted by atomic mass is 32.1. The highest BCUT2D eigenvalue weighted by Gasteiger charge is 2.34. The fraction of sp³-hybridized carbons (Fsp3) is 0.455. The van der Waals surface area contributed by atoms with Gasteiger partial charge in [0.15, 0.2) is 6.10 Å². The lowest BCUT2D eigenvalue weighted by Gasteiger charge is -2.13. The average molecular weight is 239 g/mol. The number of Topliss-reactive ketones (excluding diaryl/α,β-unsaturated/α-hetero) is 1. The Morgan fingerprint density at radius 1 is 1.69 bits per heavy atom. The molecule has 0 saturated carbocycles. The average Bonchev–Trinajstić information content (AvgIpc) is 2.82. The third-order valence-electron chi connectivity index (χ3n) is 2.39. The fourth-order valence-corrected chi connectivity index (χ4v) is 2.59. The molecular weight excluding hydrogens is 226 g/mol. The molecular formula is C11H13NO3S. The molecule has 0 radical (unpaired) electrons. The number of carbonyl (C=O) groups is 1. The Balaban J connectivity index is 2.22. The molecule has 0 spiro atoms. The third-order valence-corrected chi connectivity index (χ3v) is 3.50. The summed E-state index contributed by atoms with van der Waals surface area (Å²) < 4.78 is 5.48. The second-order valence-electron chi connectivity index (χ2n) is 3.81. The van der Waals surface area contributed by atoms with Crippen LogP contribution in [0.3, 0.4) is 0 Å². The molecule has 5 heteroatoms. The highest BCUT2D eigenvalue weighted by Crippen LogP contribution is 2.33. The first-order chi connectivity index (χ1) is 7.61. The fourth-order valence-electron chi connectivity index (χ4n) is 1.61. The Bertz CT molecular complexity index is 438. The van der Waals surface area contributed by atoms with Crippen molar-refractivity contribution in [2.24, 2.45) is 4.99 Å². The van der Waals surface area contributed by atoms with E-state index in [9.17, 15) is 9.90 Å².